The number of rotatable bonds is 6. The third kappa shape index (κ3) is 5.34. The Kier molecular flexibility index (Phi) is 7.53. The van der Waals surface area contributed by atoms with Crippen molar-refractivity contribution >= 4 is 43.6 Å². The maximum Gasteiger partial charge on any atom is 0.0541 e. The van der Waals surface area contributed by atoms with Crippen molar-refractivity contribution < 1.29 is 0 Å². The summed E-state index contributed by atoms with van der Waals surface area (Å²) in [6.07, 6.45) is 0. The molecule has 0 aliphatic carbocycles. The van der Waals surface area contributed by atoms with E-state index in [1.54, 1.807) is 0 Å². The highest BCUT2D eigenvalue weighted by Crippen LogP contribution is 2.40. The molecule has 2 heteroatoms. The van der Waals surface area contributed by atoms with Crippen LogP contribution in [-0.2, 0) is 0 Å². The van der Waals surface area contributed by atoms with Crippen LogP contribution in [0.2, 0.25) is 0 Å². The Morgan fingerprint density at radius 1 is 0.196 bits per heavy atom. The van der Waals surface area contributed by atoms with Crippen LogP contribution in [-0.4, -0.2) is 9.13 Å². The predicted octanol–water partition coefficient (Wildman–Crippen LogP) is 14.5. The molecule has 262 valence electrons. The normalized spacial score (nSPS) is 11.6. The Balaban J connectivity index is 1.06. The summed E-state index contributed by atoms with van der Waals surface area (Å²) >= 11 is 0. The van der Waals surface area contributed by atoms with Gasteiger partial charge in [0.25, 0.3) is 0 Å². The van der Waals surface area contributed by atoms with Crippen molar-refractivity contribution in [3.63, 3.8) is 0 Å². The summed E-state index contributed by atoms with van der Waals surface area (Å²) in [5.41, 5.74) is 16.8. The van der Waals surface area contributed by atoms with Gasteiger partial charge in [0.05, 0.1) is 22.1 Å². The number of hydrogen-bond donors (Lipinski definition) is 0. The van der Waals surface area contributed by atoms with Crippen molar-refractivity contribution in [2.75, 3.05) is 0 Å². The molecule has 2 aromatic heterocycles. The number of aromatic nitrogens is 2. The topological polar surface area (TPSA) is 9.86 Å². The molecule has 2 nitrogen and oxygen atoms in total. The van der Waals surface area contributed by atoms with Crippen LogP contribution in [0.3, 0.4) is 0 Å². The minimum absolute atomic E-state index is 1.15. The molecular formula is C54H36N2. The second kappa shape index (κ2) is 13.2. The molecule has 0 fully saturated rings. The van der Waals surface area contributed by atoms with Gasteiger partial charge in [-0.25, -0.2) is 0 Å². The van der Waals surface area contributed by atoms with Gasteiger partial charge in [0.1, 0.15) is 0 Å². The van der Waals surface area contributed by atoms with Gasteiger partial charge >= 0.3 is 0 Å². The third-order valence-electron chi connectivity index (χ3n) is 11.3. The molecule has 0 atom stereocenters. The van der Waals surface area contributed by atoms with Crippen molar-refractivity contribution in [3.05, 3.63) is 218 Å². The highest BCUT2D eigenvalue weighted by atomic mass is 15.0. The van der Waals surface area contributed by atoms with Crippen molar-refractivity contribution in [1.82, 2.24) is 9.13 Å². The fraction of sp³-hybridized carbons (Fsp3) is 0. The first-order valence-corrected chi connectivity index (χ1v) is 19.3. The van der Waals surface area contributed by atoms with E-state index in [1.165, 1.54) is 88.1 Å². The highest BCUT2D eigenvalue weighted by Gasteiger charge is 2.17. The van der Waals surface area contributed by atoms with E-state index in [0.717, 1.165) is 11.4 Å². The Morgan fingerprint density at radius 3 is 0.911 bits per heavy atom. The summed E-state index contributed by atoms with van der Waals surface area (Å²) in [6.45, 7) is 0. The number of para-hydroxylation sites is 1. The van der Waals surface area contributed by atoms with Crippen LogP contribution in [0.25, 0.3) is 99.5 Å². The molecule has 0 aliphatic rings. The van der Waals surface area contributed by atoms with Crippen LogP contribution in [0.15, 0.2) is 218 Å². The van der Waals surface area contributed by atoms with Gasteiger partial charge in [-0.15, -0.1) is 0 Å². The number of fused-ring (bicyclic) bond motifs is 6. The van der Waals surface area contributed by atoms with E-state index in [4.69, 9.17) is 0 Å². The van der Waals surface area contributed by atoms with Crippen LogP contribution in [0.1, 0.15) is 0 Å². The lowest BCUT2D eigenvalue weighted by Gasteiger charge is -2.11. The highest BCUT2D eigenvalue weighted by molar-refractivity contribution is 6.13. The first-order chi connectivity index (χ1) is 27.8. The van der Waals surface area contributed by atoms with Crippen LogP contribution in [0.5, 0.6) is 0 Å². The summed E-state index contributed by atoms with van der Waals surface area (Å²) < 4.78 is 4.81. The van der Waals surface area contributed by atoms with Gasteiger partial charge in [0.15, 0.2) is 0 Å². The van der Waals surface area contributed by atoms with Crippen molar-refractivity contribution in [3.8, 4) is 55.9 Å². The van der Waals surface area contributed by atoms with Crippen LogP contribution in [0, 0.1) is 0 Å². The molecule has 0 spiro atoms. The third-order valence-corrected chi connectivity index (χ3v) is 11.3. The number of hydrogen-bond acceptors (Lipinski definition) is 0. The molecule has 0 saturated carbocycles. The second-order valence-electron chi connectivity index (χ2n) is 14.6. The molecule has 56 heavy (non-hydrogen) atoms. The largest absolute Gasteiger partial charge is 0.309 e. The number of nitrogens with zero attached hydrogens (tertiary/aromatic N) is 2. The zero-order chi connectivity index (χ0) is 37.0. The fourth-order valence-electron chi connectivity index (χ4n) is 8.59. The minimum atomic E-state index is 1.15. The molecule has 11 aromatic rings. The molecular weight excluding hydrogens is 677 g/mol. The average molecular weight is 713 g/mol. The van der Waals surface area contributed by atoms with Crippen molar-refractivity contribution in [1.29, 1.82) is 0 Å². The van der Waals surface area contributed by atoms with Crippen molar-refractivity contribution in [2.45, 2.75) is 0 Å². The minimum Gasteiger partial charge on any atom is -0.309 e. The summed E-state index contributed by atoms with van der Waals surface area (Å²) in [6, 6.07) is 79.4. The maximum atomic E-state index is 2.41. The molecule has 0 aliphatic heterocycles. The van der Waals surface area contributed by atoms with E-state index >= 15 is 0 Å². The lowest BCUT2D eigenvalue weighted by atomic mass is 9.99. The van der Waals surface area contributed by atoms with Gasteiger partial charge in [-0.3, -0.25) is 0 Å². The number of benzene rings is 9. The quantitative estimate of drug-likeness (QED) is 0.162. The Hall–Kier alpha value is -7.42. The van der Waals surface area contributed by atoms with Gasteiger partial charge in [-0.05, 0) is 111 Å². The van der Waals surface area contributed by atoms with E-state index in [2.05, 4.69) is 228 Å². The SMILES string of the molecule is c1ccc(-c2ccc(-n3c4ccccc4c4cc(-c5ccc6c(c5)c5cc(-c7ccccc7)ccc5n6-c5ccc(-c6ccccc6)cc5)ccc43)cc2)cc1. The predicted molar refractivity (Wildman–Crippen MR) is 237 cm³/mol. The first kappa shape index (κ1) is 32.0. The monoisotopic (exact) mass is 712 g/mol. The zero-order valence-corrected chi connectivity index (χ0v) is 30.7. The lowest BCUT2D eigenvalue weighted by molar-refractivity contribution is 1.18. The molecule has 0 N–H and O–H groups in total. The van der Waals surface area contributed by atoms with Gasteiger partial charge in [-0.2, -0.15) is 0 Å². The standard InChI is InChI=1S/C54H36N2/c1-4-12-37(13-5-1)40-20-27-45(28-21-40)55-51-19-11-10-18-47(51)48-35-43(25-32-52(48)55)44-26-33-54-50(36-44)49-34-42(39-16-8-3-9-17-39)24-31-53(49)56(54)46-29-22-41(23-30-46)38-14-6-2-7-15-38/h1-36H. The molecule has 0 bridgehead atoms. The van der Waals surface area contributed by atoms with E-state index in [9.17, 15) is 0 Å². The van der Waals surface area contributed by atoms with E-state index < -0.39 is 0 Å². The van der Waals surface area contributed by atoms with Crippen LogP contribution < -0.4 is 0 Å². The van der Waals surface area contributed by atoms with Gasteiger partial charge in [-0.1, -0.05) is 152 Å². The second-order valence-corrected chi connectivity index (χ2v) is 14.6. The lowest BCUT2D eigenvalue weighted by Crippen LogP contribution is -1.94. The van der Waals surface area contributed by atoms with Gasteiger partial charge in [0, 0.05) is 32.9 Å². The molecule has 0 radical (unpaired) electrons. The Labute approximate surface area is 325 Å². The Bertz CT molecular complexity index is 3190. The zero-order valence-electron chi connectivity index (χ0n) is 30.7. The maximum absolute atomic E-state index is 2.41. The van der Waals surface area contributed by atoms with E-state index in [1.807, 2.05) is 0 Å². The fourth-order valence-corrected chi connectivity index (χ4v) is 8.59. The average Bonchev–Trinajstić information content (AvgIpc) is 3.79. The smallest absolute Gasteiger partial charge is 0.0541 e. The molecule has 9 aromatic carbocycles. The molecule has 0 amide bonds. The van der Waals surface area contributed by atoms with E-state index in [-0.39, 0.29) is 0 Å². The van der Waals surface area contributed by atoms with Gasteiger partial charge < -0.3 is 9.13 Å². The summed E-state index contributed by atoms with van der Waals surface area (Å²) in [4.78, 5) is 0. The first-order valence-electron chi connectivity index (χ1n) is 19.3. The van der Waals surface area contributed by atoms with Crippen LogP contribution in [0.4, 0.5) is 0 Å². The summed E-state index contributed by atoms with van der Waals surface area (Å²) in [5.74, 6) is 0. The molecule has 0 saturated heterocycles. The molecule has 0 unspecified atom stereocenters. The van der Waals surface area contributed by atoms with Crippen molar-refractivity contribution in [2.24, 2.45) is 0 Å². The van der Waals surface area contributed by atoms with Gasteiger partial charge in [0.2, 0.25) is 0 Å². The van der Waals surface area contributed by atoms with E-state index in [0.29, 0.717) is 0 Å². The molecule has 11 rings (SSSR count). The Morgan fingerprint density at radius 2 is 0.482 bits per heavy atom. The molecule has 2 heterocycles. The van der Waals surface area contributed by atoms with Crippen LogP contribution >= 0.6 is 0 Å². The summed E-state index contributed by atoms with van der Waals surface area (Å²) in [5, 5.41) is 4.98. The summed E-state index contributed by atoms with van der Waals surface area (Å²) in [7, 11) is 0.